The minimum Gasteiger partial charge on any atom is -0.481 e. The normalized spacial score (nSPS) is 15.8. The van der Waals surface area contributed by atoms with Crippen molar-refractivity contribution in [1.29, 1.82) is 0 Å². The van der Waals surface area contributed by atoms with E-state index >= 15 is 0 Å². The van der Waals surface area contributed by atoms with E-state index in [-0.39, 0.29) is 0 Å². The maximum absolute atomic E-state index is 11.8. The summed E-state index contributed by atoms with van der Waals surface area (Å²) >= 11 is 0. The van der Waals surface area contributed by atoms with Gasteiger partial charge in [0, 0.05) is 24.8 Å². The summed E-state index contributed by atoms with van der Waals surface area (Å²) in [4.78, 5) is 22.6. The predicted molar refractivity (Wildman–Crippen MR) is 64.5 cm³/mol. The summed E-state index contributed by atoms with van der Waals surface area (Å²) < 4.78 is 1.55. The number of amides is 1. The summed E-state index contributed by atoms with van der Waals surface area (Å²) in [7, 11) is 1.73. The molecule has 0 aromatic carbocycles. The van der Waals surface area contributed by atoms with Crippen LogP contribution in [0.2, 0.25) is 0 Å². The second kappa shape index (κ2) is 5.63. The molecule has 1 amide bonds. The van der Waals surface area contributed by atoms with E-state index in [1.165, 1.54) is 13.1 Å². The van der Waals surface area contributed by atoms with Crippen LogP contribution in [0.3, 0.4) is 0 Å². The van der Waals surface area contributed by atoms with E-state index in [2.05, 4.69) is 10.4 Å². The van der Waals surface area contributed by atoms with Gasteiger partial charge in [0.2, 0.25) is 5.91 Å². The van der Waals surface area contributed by atoms with Crippen molar-refractivity contribution < 1.29 is 14.7 Å². The van der Waals surface area contributed by atoms with Crippen molar-refractivity contribution in [3.05, 3.63) is 18.0 Å². The first-order valence-corrected chi connectivity index (χ1v) is 5.60. The van der Waals surface area contributed by atoms with Crippen LogP contribution in [0.4, 0.5) is 0 Å². The number of aryl methyl sites for hydroxylation is 1. The van der Waals surface area contributed by atoms with Gasteiger partial charge in [-0.15, -0.1) is 0 Å². The Morgan fingerprint density at radius 1 is 1.50 bits per heavy atom. The minimum absolute atomic E-state index is 0.413. The van der Waals surface area contributed by atoms with Gasteiger partial charge in [0.15, 0.2) is 0 Å². The van der Waals surface area contributed by atoms with Crippen LogP contribution in [-0.4, -0.2) is 32.8 Å². The van der Waals surface area contributed by atoms with E-state index in [4.69, 9.17) is 10.8 Å². The molecule has 0 spiro atoms. The molecule has 100 valence electrons. The van der Waals surface area contributed by atoms with Gasteiger partial charge in [0.1, 0.15) is 6.04 Å². The Morgan fingerprint density at radius 2 is 2.11 bits per heavy atom. The highest BCUT2D eigenvalue weighted by Gasteiger charge is 2.24. The van der Waals surface area contributed by atoms with E-state index in [0.717, 1.165) is 0 Å². The largest absolute Gasteiger partial charge is 0.481 e. The number of hydrogen-bond donors (Lipinski definition) is 3. The van der Waals surface area contributed by atoms with Crippen LogP contribution in [0.15, 0.2) is 12.4 Å². The number of rotatable bonds is 5. The number of carboxylic acid groups (broad SMARTS) is 1. The summed E-state index contributed by atoms with van der Waals surface area (Å²) in [5.74, 6) is -2.05. The van der Waals surface area contributed by atoms with Crippen molar-refractivity contribution in [3.63, 3.8) is 0 Å². The molecule has 0 saturated heterocycles. The van der Waals surface area contributed by atoms with Crippen molar-refractivity contribution in [2.24, 2.45) is 18.7 Å². The lowest BCUT2D eigenvalue weighted by molar-refractivity contribution is -0.142. The number of nitrogens with zero attached hydrogens (tertiary/aromatic N) is 2. The summed E-state index contributed by atoms with van der Waals surface area (Å²) in [5.41, 5.74) is 6.35. The molecule has 0 aliphatic carbocycles. The number of carbonyl (C=O) groups excluding carboxylic acids is 1. The third kappa shape index (κ3) is 3.30. The Morgan fingerprint density at radius 3 is 2.56 bits per heavy atom. The van der Waals surface area contributed by atoms with E-state index in [1.54, 1.807) is 24.9 Å². The van der Waals surface area contributed by atoms with Crippen molar-refractivity contribution in [2.75, 3.05) is 0 Å². The summed E-state index contributed by atoms with van der Waals surface area (Å²) in [6.45, 7) is 3.16. The van der Waals surface area contributed by atoms with Crippen LogP contribution < -0.4 is 11.1 Å². The molecule has 0 aliphatic rings. The predicted octanol–water partition coefficient (Wildman–Crippen LogP) is -0.355. The van der Waals surface area contributed by atoms with Gasteiger partial charge >= 0.3 is 5.97 Å². The number of hydrogen-bond acceptors (Lipinski definition) is 4. The average Bonchev–Trinajstić information content (AvgIpc) is 2.73. The maximum Gasteiger partial charge on any atom is 0.308 e. The highest BCUT2D eigenvalue weighted by atomic mass is 16.4. The molecule has 0 bridgehead atoms. The summed E-state index contributed by atoms with van der Waals surface area (Å²) in [6, 6.07) is -1.33. The van der Waals surface area contributed by atoms with Crippen LogP contribution >= 0.6 is 0 Å². The molecule has 1 rings (SSSR count). The summed E-state index contributed by atoms with van der Waals surface area (Å²) in [5, 5.41) is 15.3. The quantitative estimate of drug-likeness (QED) is 0.665. The fourth-order valence-corrected chi connectivity index (χ4v) is 1.41. The molecular formula is C11H18N4O3. The van der Waals surface area contributed by atoms with Gasteiger partial charge in [0.25, 0.3) is 0 Å². The zero-order valence-corrected chi connectivity index (χ0v) is 10.6. The highest BCUT2D eigenvalue weighted by Crippen LogP contribution is 2.10. The average molecular weight is 254 g/mol. The molecule has 1 aromatic heterocycles. The molecule has 3 unspecified atom stereocenters. The molecular weight excluding hydrogens is 236 g/mol. The lowest BCUT2D eigenvalue weighted by Gasteiger charge is -2.19. The Balaban J connectivity index is 2.63. The molecule has 7 nitrogen and oxygen atoms in total. The number of aliphatic carboxylic acids is 1. The monoisotopic (exact) mass is 254 g/mol. The SMILES string of the molecule is CC(NC(=O)C(N)c1cnn(C)c1)C(C)C(=O)O. The van der Waals surface area contributed by atoms with Crippen LogP contribution in [0, 0.1) is 5.92 Å². The molecule has 0 saturated carbocycles. The Bertz CT molecular complexity index is 443. The van der Waals surface area contributed by atoms with Gasteiger partial charge in [-0.25, -0.2) is 0 Å². The summed E-state index contributed by atoms with van der Waals surface area (Å²) in [6.07, 6.45) is 3.16. The van der Waals surface area contributed by atoms with E-state index in [1.807, 2.05) is 0 Å². The van der Waals surface area contributed by atoms with Crippen LogP contribution in [0.1, 0.15) is 25.5 Å². The standard InChI is InChI=1S/C11H18N4O3/c1-6(11(17)18)7(2)14-10(16)9(12)8-4-13-15(3)5-8/h4-7,9H,12H2,1-3H3,(H,14,16)(H,17,18). The van der Waals surface area contributed by atoms with E-state index in [0.29, 0.717) is 5.56 Å². The fraction of sp³-hybridized carbons (Fsp3) is 0.545. The second-order valence-electron chi connectivity index (χ2n) is 4.35. The zero-order valence-electron chi connectivity index (χ0n) is 10.6. The third-order valence-corrected chi connectivity index (χ3v) is 2.88. The Hall–Kier alpha value is -1.89. The molecule has 7 heteroatoms. The zero-order chi connectivity index (χ0) is 13.9. The first-order chi connectivity index (χ1) is 8.32. The van der Waals surface area contributed by atoms with E-state index in [9.17, 15) is 9.59 Å². The van der Waals surface area contributed by atoms with Crippen molar-refractivity contribution in [1.82, 2.24) is 15.1 Å². The lowest BCUT2D eigenvalue weighted by Crippen LogP contribution is -2.44. The highest BCUT2D eigenvalue weighted by molar-refractivity contribution is 5.83. The molecule has 4 N–H and O–H groups in total. The molecule has 0 aliphatic heterocycles. The Kier molecular flexibility index (Phi) is 4.43. The molecule has 0 fully saturated rings. The number of aromatic nitrogens is 2. The van der Waals surface area contributed by atoms with Crippen LogP contribution in [0.5, 0.6) is 0 Å². The van der Waals surface area contributed by atoms with Gasteiger partial charge in [-0.2, -0.15) is 5.10 Å². The van der Waals surface area contributed by atoms with E-state index < -0.39 is 29.9 Å². The van der Waals surface area contributed by atoms with Crippen LogP contribution in [-0.2, 0) is 16.6 Å². The fourth-order valence-electron chi connectivity index (χ4n) is 1.41. The van der Waals surface area contributed by atoms with Crippen LogP contribution in [0.25, 0.3) is 0 Å². The van der Waals surface area contributed by atoms with Crippen molar-refractivity contribution in [3.8, 4) is 0 Å². The molecule has 1 heterocycles. The molecule has 18 heavy (non-hydrogen) atoms. The van der Waals surface area contributed by atoms with Gasteiger partial charge in [-0.1, -0.05) is 0 Å². The van der Waals surface area contributed by atoms with Crippen molar-refractivity contribution >= 4 is 11.9 Å². The molecule has 0 radical (unpaired) electrons. The number of nitrogens with one attached hydrogen (secondary N) is 1. The first kappa shape index (κ1) is 14.2. The third-order valence-electron chi connectivity index (χ3n) is 2.88. The number of carboxylic acids is 1. The number of carbonyl (C=O) groups is 2. The van der Waals surface area contributed by atoms with Gasteiger partial charge in [-0.05, 0) is 13.8 Å². The van der Waals surface area contributed by atoms with Gasteiger partial charge in [-0.3, -0.25) is 14.3 Å². The first-order valence-electron chi connectivity index (χ1n) is 5.60. The topological polar surface area (TPSA) is 110 Å². The van der Waals surface area contributed by atoms with Gasteiger partial charge < -0.3 is 16.2 Å². The van der Waals surface area contributed by atoms with Gasteiger partial charge in [0.05, 0.1) is 12.1 Å². The maximum atomic E-state index is 11.8. The minimum atomic E-state index is -0.960. The smallest absolute Gasteiger partial charge is 0.308 e. The molecule has 1 aromatic rings. The molecule has 3 atom stereocenters. The Labute approximate surface area is 105 Å². The lowest BCUT2D eigenvalue weighted by atomic mass is 10.0. The number of nitrogens with two attached hydrogens (primary N) is 1. The van der Waals surface area contributed by atoms with Crippen molar-refractivity contribution in [2.45, 2.75) is 25.9 Å². The second-order valence-corrected chi connectivity index (χ2v) is 4.35.